The number of hydrogen-bond acceptors (Lipinski definition) is 9. The number of nitrogens with zero attached hydrogens (tertiary/aromatic N) is 4. The highest BCUT2D eigenvalue weighted by Crippen LogP contribution is 2.43. The fraction of sp³-hybridized carbons (Fsp3) is 0.429. The zero-order valence-corrected chi connectivity index (χ0v) is 30.8. The lowest BCUT2D eigenvalue weighted by atomic mass is 9.64. The first-order chi connectivity index (χ1) is 25.9. The maximum Gasteiger partial charge on any atom is 0.262 e. The second kappa shape index (κ2) is 13.7. The molecule has 54 heavy (non-hydrogen) atoms. The number of carbonyl (C=O) groups excluding carboxylic acids is 5. The number of piperidine rings is 2. The second-order valence-corrected chi connectivity index (χ2v) is 16.0. The summed E-state index contributed by atoms with van der Waals surface area (Å²) in [5.74, 6) is -0.771. The van der Waals surface area contributed by atoms with E-state index in [9.17, 15) is 29.2 Å². The lowest BCUT2D eigenvalue weighted by Crippen LogP contribution is -2.63. The SMILES string of the molecule is Cc1cc(O[C@H]2C[C@H](NC(=O)c3ccc(N4CCC(CN5Cc6cc7c(cc6C5)C(=O)N([C@H]5CCC(=O)NC5=O)C7=O)CC4)cc3)C2(C)C)ccc1C#N. The molecule has 1 aliphatic carbocycles. The molecule has 0 unspecified atom stereocenters. The first kappa shape index (κ1) is 35.5. The Hall–Kier alpha value is -5.54. The number of anilines is 1. The molecule has 8 rings (SSSR count). The van der Waals surface area contributed by atoms with E-state index in [2.05, 4.69) is 40.4 Å². The smallest absolute Gasteiger partial charge is 0.262 e. The van der Waals surface area contributed by atoms with Gasteiger partial charge >= 0.3 is 0 Å². The summed E-state index contributed by atoms with van der Waals surface area (Å²) in [7, 11) is 0. The van der Waals surface area contributed by atoms with E-state index < -0.39 is 23.8 Å². The Morgan fingerprint density at radius 1 is 0.944 bits per heavy atom. The predicted molar refractivity (Wildman–Crippen MR) is 199 cm³/mol. The molecule has 3 aromatic rings. The van der Waals surface area contributed by atoms with Gasteiger partial charge in [0.15, 0.2) is 0 Å². The van der Waals surface area contributed by atoms with Gasteiger partial charge in [-0.1, -0.05) is 13.8 Å². The summed E-state index contributed by atoms with van der Waals surface area (Å²) in [6.45, 7) is 10.3. The van der Waals surface area contributed by atoms with Gasteiger partial charge in [0.05, 0.1) is 22.8 Å². The van der Waals surface area contributed by atoms with Crippen molar-refractivity contribution in [1.82, 2.24) is 20.4 Å². The molecule has 1 saturated carbocycles. The number of amides is 5. The van der Waals surface area contributed by atoms with Gasteiger partial charge in [-0.2, -0.15) is 5.26 Å². The summed E-state index contributed by atoms with van der Waals surface area (Å²) in [4.78, 5) is 69.6. The van der Waals surface area contributed by atoms with E-state index in [0.29, 0.717) is 47.7 Å². The third kappa shape index (κ3) is 6.40. The van der Waals surface area contributed by atoms with Gasteiger partial charge in [0, 0.05) is 68.3 Å². The van der Waals surface area contributed by atoms with Crippen LogP contribution in [0.3, 0.4) is 0 Å². The van der Waals surface area contributed by atoms with Gasteiger partial charge in [0.1, 0.15) is 17.9 Å². The molecule has 12 heteroatoms. The fourth-order valence-electron chi connectivity index (χ4n) is 8.70. The minimum atomic E-state index is -0.961. The molecule has 2 saturated heterocycles. The van der Waals surface area contributed by atoms with Crippen LogP contribution in [0.5, 0.6) is 5.75 Å². The van der Waals surface area contributed by atoms with Crippen molar-refractivity contribution >= 4 is 35.2 Å². The van der Waals surface area contributed by atoms with Crippen molar-refractivity contribution in [3.8, 4) is 11.8 Å². The zero-order chi connectivity index (χ0) is 37.9. The highest BCUT2D eigenvalue weighted by Gasteiger charge is 2.51. The van der Waals surface area contributed by atoms with Gasteiger partial charge in [0.2, 0.25) is 11.8 Å². The molecule has 4 heterocycles. The molecule has 0 aromatic heterocycles. The summed E-state index contributed by atoms with van der Waals surface area (Å²) >= 11 is 0. The van der Waals surface area contributed by atoms with E-state index in [1.165, 1.54) is 0 Å². The molecule has 5 aliphatic rings. The van der Waals surface area contributed by atoms with Gasteiger partial charge in [-0.3, -0.25) is 39.1 Å². The minimum Gasteiger partial charge on any atom is -0.490 e. The molecule has 0 radical (unpaired) electrons. The maximum atomic E-state index is 13.3. The van der Waals surface area contributed by atoms with E-state index in [1.54, 1.807) is 6.07 Å². The van der Waals surface area contributed by atoms with Crippen LogP contribution in [-0.4, -0.2) is 77.2 Å². The van der Waals surface area contributed by atoms with Crippen LogP contribution in [0.2, 0.25) is 0 Å². The number of imide groups is 2. The Morgan fingerprint density at radius 2 is 1.61 bits per heavy atom. The predicted octanol–water partition coefficient (Wildman–Crippen LogP) is 4.48. The lowest BCUT2D eigenvalue weighted by molar-refractivity contribution is -0.136. The Labute approximate surface area is 314 Å². The van der Waals surface area contributed by atoms with E-state index in [1.807, 2.05) is 55.5 Å². The summed E-state index contributed by atoms with van der Waals surface area (Å²) in [6, 6.07) is 18.2. The number of hydrogen-bond donors (Lipinski definition) is 2. The molecule has 278 valence electrons. The number of carbonyl (C=O) groups is 5. The molecular formula is C42H44N6O6. The number of rotatable bonds is 8. The van der Waals surface area contributed by atoms with Crippen LogP contribution < -0.4 is 20.3 Å². The summed E-state index contributed by atoms with van der Waals surface area (Å²) in [6.07, 6.45) is 2.97. The molecule has 0 spiro atoms. The normalized spacial score (nSPS) is 23.7. The number of benzene rings is 3. The first-order valence-corrected chi connectivity index (χ1v) is 18.8. The molecule has 3 atom stereocenters. The first-order valence-electron chi connectivity index (χ1n) is 18.8. The lowest BCUT2D eigenvalue weighted by Gasteiger charge is -2.51. The number of nitrogens with one attached hydrogen (secondary N) is 2. The highest BCUT2D eigenvalue weighted by atomic mass is 16.5. The third-order valence-electron chi connectivity index (χ3n) is 12.3. The fourth-order valence-corrected chi connectivity index (χ4v) is 8.70. The summed E-state index contributed by atoms with van der Waals surface area (Å²) < 4.78 is 6.24. The van der Waals surface area contributed by atoms with E-state index in [4.69, 9.17) is 4.74 Å². The van der Waals surface area contributed by atoms with Crippen LogP contribution in [0, 0.1) is 29.6 Å². The molecule has 3 aromatic carbocycles. The van der Waals surface area contributed by atoms with Crippen LogP contribution in [-0.2, 0) is 22.7 Å². The Bertz CT molecular complexity index is 2070. The zero-order valence-electron chi connectivity index (χ0n) is 30.8. The molecule has 2 N–H and O–H groups in total. The van der Waals surface area contributed by atoms with Crippen LogP contribution in [0.25, 0.3) is 0 Å². The van der Waals surface area contributed by atoms with Crippen molar-refractivity contribution in [1.29, 1.82) is 5.26 Å². The average Bonchev–Trinajstić information content (AvgIpc) is 3.66. The number of fused-ring (bicyclic) bond motifs is 2. The van der Waals surface area contributed by atoms with Crippen molar-refractivity contribution in [2.24, 2.45) is 11.3 Å². The van der Waals surface area contributed by atoms with Gasteiger partial charge in [-0.05, 0) is 103 Å². The third-order valence-corrected chi connectivity index (χ3v) is 12.3. The Kier molecular flexibility index (Phi) is 9.01. The van der Waals surface area contributed by atoms with Crippen LogP contribution in [0.4, 0.5) is 5.69 Å². The van der Waals surface area contributed by atoms with Crippen molar-refractivity contribution in [2.45, 2.75) is 84.2 Å². The Morgan fingerprint density at radius 3 is 2.20 bits per heavy atom. The molecule has 4 aliphatic heterocycles. The van der Waals surface area contributed by atoms with Gasteiger partial charge in [-0.25, -0.2) is 0 Å². The number of ether oxygens (including phenoxy) is 1. The summed E-state index contributed by atoms with van der Waals surface area (Å²) in [5.41, 5.74) is 5.74. The number of nitriles is 1. The van der Waals surface area contributed by atoms with Crippen molar-refractivity contribution in [3.63, 3.8) is 0 Å². The topological polar surface area (TPSA) is 152 Å². The average molecular weight is 729 g/mol. The van der Waals surface area contributed by atoms with Crippen LogP contribution in [0.1, 0.15) is 99.3 Å². The van der Waals surface area contributed by atoms with Gasteiger partial charge < -0.3 is 15.0 Å². The maximum absolute atomic E-state index is 13.3. The Balaban J connectivity index is 0.802. The number of aryl methyl sites for hydroxylation is 1. The van der Waals surface area contributed by atoms with E-state index in [-0.39, 0.29) is 42.2 Å². The van der Waals surface area contributed by atoms with Crippen LogP contribution in [0.15, 0.2) is 54.6 Å². The minimum absolute atomic E-state index is 0.0159. The van der Waals surface area contributed by atoms with Crippen molar-refractivity contribution < 1.29 is 28.7 Å². The monoisotopic (exact) mass is 728 g/mol. The van der Waals surface area contributed by atoms with Gasteiger partial charge in [-0.15, -0.1) is 0 Å². The van der Waals surface area contributed by atoms with Crippen molar-refractivity contribution in [2.75, 3.05) is 24.5 Å². The molecular weight excluding hydrogens is 684 g/mol. The second-order valence-electron chi connectivity index (χ2n) is 16.0. The van der Waals surface area contributed by atoms with E-state index in [0.717, 1.165) is 65.5 Å². The van der Waals surface area contributed by atoms with E-state index >= 15 is 0 Å². The molecule has 3 fully saturated rings. The quantitative estimate of drug-likeness (QED) is 0.320. The highest BCUT2D eigenvalue weighted by molar-refractivity contribution is 6.23. The molecule has 12 nitrogen and oxygen atoms in total. The van der Waals surface area contributed by atoms with Gasteiger partial charge in [0.25, 0.3) is 17.7 Å². The van der Waals surface area contributed by atoms with Crippen molar-refractivity contribution in [3.05, 3.63) is 93.5 Å². The molecule has 0 bridgehead atoms. The molecule has 5 amide bonds. The van der Waals surface area contributed by atoms with Crippen LogP contribution >= 0.6 is 0 Å². The largest absolute Gasteiger partial charge is 0.490 e. The summed E-state index contributed by atoms with van der Waals surface area (Å²) in [5, 5.41) is 14.7. The standard InChI is InChI=1S/C42H44N6O6/c1-24-16-31(9-6-27(24)20-43)54-36-19-35(42(36,2)3)44-38(50)26-4-7-30(8-5-26)47-14-12-25(13-15-47)21-46-22-28-17-32-33(18-29(28)23-46)41(53)48(40(32)52)34-10-11-37(49)45-39(34)51/h4-9,16-18,25,34-36H,10-15,19,21-23H2,1-3H3,(H,44,50)(H,45,49,51)/t34-,35-,36-/m0/s1.